The standard InChI is InChI=1S/C33H46N6O8/c1-19(40)16-22(41)17-21(6-5-12-37-30(34)35)29(42)36-13-15-39(3)31(43)46-24-9-10-33(44)25-18-20-7-8-23(45-4)27-26(20)32(33,28(24)47-27)11-14-38(25)2/h7-9,21,25,28,44H,5-6,10-18H2,1-4H3,(H,36,42)(H4,34,35,37)/t21-,25-,28+,32+,33-/m1/s1. The average Bonchev–Trinajstić information content (AvgIpc) is 3.37. The molecule has 2 heterocycles. The number of guanidine groups is 1. The van der Waals surface area contributed by atoms with Crippen LogP contribution in [-0.4, -0.2) is 110 Å². The molecule has 0 saturated carbocycles. The summed E-state index contributed by atoms with van der Waals surface area (Å²) in [5.74, 6) is -0.173. The van der Waals surface area contributed by atoms with E-state index in [0.29, 0.717) is 55.9 Å². The van der Waals surface area contributed by atoms with Crippen LogP contribution in [0, 0.1) is 5.92 Å². The highest BCUT2D eigenvalue weighted by molar-refractivity contribution is 5.99. The number of methoxy groups -OCH3 is 1. The van der Waals surface area contributed by atoms with Gasteiger partial charge in [0.2, 0.25) is 5.91 Å². The van der Waals surface area contributed by atoms with Crippen molar-refractivity contribution in [3.63, 3.8) is 0 Å². The highest BCUT2D eigenvalue weighted by Gasteiger charge is 2.72. The number of rotatable bonds is 14. The molecule has 0 unspecified atom stereocenters. The number of hydrogen-bond donors (Lipinski definition) is 4. The highest BCUT2D eigenvalue weighted by Crippen LogP contribution is 2.65. The number of Topliss-reactive ketones (excluding diaryl/α,β-unsaturated/α-hetero) is 2. The predicted molar refractivity (Wildman–Crippen MR) is 172 cm³/mol. The molecule has 256 valence electrons. The number of nitrogens with two attached hydrogens (primary N) is 2. The Morgan fingerprint density at radius 2 is 2.04 bits per heavy atom. The van der Waals surface area contributed by atoms with Crippen LogP contribution in [0.5, 0.6) is 11.5 Å². The number of nitrogens with one attached hydrogen (secondary N) is 1. The molecule has 14 nitrogen and oxygen atoms in total. The second kappa shape index (κ2) is 13.5. The summed E-state index contributed by atoms with van der Waals surface area (Å²) in [5, 5.41) is 15.2. The van der Waals surface area contributed by atoms with Crippen LogP contribution in [0.3, 0.4) is 0 Å². The number of carbonyl (C=O) groups is 4. The van der Waals surface area contributed by atoms with Gasteiger partial charge < -0.3 is 45.9 Å². The van der Waals surface area contributed by atoms with Gasteiger partial charge in [-0.1, -0.05) is 6.07 Å². The molecule has 1 spiro atoms. The van der Waals surface area contributed by atoms with Gasteiger partial charge in [0.15, 0.2) is 23.6 Å². The zero-order valence-corrected chi connectivity index (χ0v) is 27.5. The topological polar surface area (TPSA) is 199 Å². The number of likely N-dealkylation sites (tertiary alicyclic amines) is 1. The van der Waals surface area contributed by atoms with Crippen molar-refractivity contribution in [2.45, 2.75) is 75.0 Å². The summed E-state index contributed by atoms with van der Waals surface area (Å²) in [6.07, 6.45) is 2.51. The molecule has 2 amide bonds. The van der Waals surface area contributed by atoms with E-state index < -0.39 is 29.1 Å². The molecule has 2 bridgehead atoms. The van der Waals surface area contributed by atoms with Gasteiger partial charge in [0.25, 0.3) is 0 Å². The van der Waals surface area contributed by atoms with E-state index in [1.807, 2.05) is 19.2 Å². The van der Waals surface area contributed by atoms with Gasteiger partial charge in [-0.2, -0.15) is 0 Å². The zero-order chi connectivity index (χ0) is 34.1. The number of likely N-dealkylation sites (N-methyl/N-ethyl adjacent to an activating group) is 2. The first-order valence-electron chi connectivity index (χ1n) is 16.1. The van der Waals surface area contributed by atoms with Crippen LogP contribution < -0.4 is 26.3 Å². The molecule has 5 atom stereocenters. The van der Waals surface area contributed by atoms with Gasteiger partial charge in [-0.3, -0.25) is 19.4 Å². The molecule has 5 rings (SSSR count). The Morgan fingerprint density at radius 1 is 1.28 bits per heavy atom. The summed E-state index contributed by atoms with van der Waals surface area (Å²) in [6.45, 7) is 2.62. The Labute approximate surface area is 274 Å². The minimum absolute atomic E-state index is 0.0595. The molecule has 6 N–H and O–H groups in total. The van der Waals surface area contributed by atoms with E-state index in [1.54, 1.807) is 20.2 Å². The van der Waals surface area contributed by atoms with Gasteiger partial charge in [-0.05, 0) is 63.9 Å². The summed E-state index contributed by atoms with van der Waals surface area (Å²) < 4.78 is 18.1. The number of benzene rings is 1. The lowest BCUT2D eigenvalue weighted by Gasteiger charge is -2.61. The van der Waals surface area contributed by atoms with E-state index >= 15 is 0 Å². The quantitative estimate of drug-likeness (QED) is 0.0956. The first-order valence-corrected chi connectivity index (χ1v) is 16.1. The Balaban J connectivity index is 1.23. The fourth-order valence-electron chi connectivity index (χ4n) is 7.85. The van der Waals surface area contributed by atoms with Crippen LogP contribution in [0.4, 0.5) is 4.79 Å². The number of ether oxygens (including phenoxy) is 3. The predicted octanol–water partition coefficient (Wildman–Crippen LogP) is 0.766. The molecule has 2 aliphatic heterocycles. The van der Waals surface area contributed by atoms with Crippen LogP contribution in [0.1, 0.15) is 56.6 Å². The smallest absolute Gasteiger partial charge is 0.414 e. The maximum atomic E-state index is 13.3. The summed E-state index contributed by atoms with van der Waals surface area (Å²) in [4.78, 5) is 57.6. The lowest BCUT2D eigenvalue weighted by molar-refractivity contribution is -0.163. The van der Waals surface area contributed by atoms with E-state index in [-0.39, 0.29) is 55.4 Å². The second-order valence-electron chi connectivity index (χ2n) is 13.1. The van der Waals surface area contributed by atoms with Gasteiger partial charge >= 0.3 is 6.09 Å². The lowest BCUT2D eigenvalue weighted by Crippen LogP contribution is -2.74. The summed E-state index contributed by atoms with van der Waals surface area (Å²) >= 11 is 0. The SMILES string of the molecule is COc1ccc2c3c1O[C@H]1C(OC(=O)N(C)CCNC(=O)[C@H](CCCN=C(N)N)CC(=O)CC(C)=O)=CC[C@@]4(O)[C@@H](C2)N(C)CC[C@]314. The number of ketones is 2. The minimum atomic E-state index is -1.12. The third kappa shape index (κ3) is 6.28. The van der Waals surface area contributed by atoms with Crippen molar-refractivity contribution >= 4 is 29.5 Å². The average molecular weight is 655 g/mol. The molecular formula is C33H46N6O8. The molecule has 4 aliphatic rings. The number of carbonyl (C=O) groups excluding carboxylic acids is 4. The van der Waals surface area contributed by atoms with E-state index in [4.69, 9.17) is 25.7 Å². The number of piperidine rings is 1. The van der Waals surface area contributed by atoms with Crippen LogP contribution >= 0.6 is 0 Å². The van der Waals surface area contributed by atoms with E-state index in [2.05, 4.69) is 15.2 Å². The fourth-order valence-corrected chi connectivity index (χ4v) is 7.85. The van der Waals surface area contributed by atoms with Crippen molar-refractivity contribution in [1.29, 1.82) is 0 Å². The maximum Gasteiger partial charge on any atom is 0.414 e. The number of hydrogen-bond acceptors (Lipinski definition) is 10. The highest BCUT2D eigenvalue weighted by atomic mass is 16.6. The van der Waals surface area contributed by atoms with Gasteiger partial charge in [-0.25, -0.2) is 4.79 Å². The normalized spacial score (nSPS) is 25.8. The largest absolute Gasteiger partial charge is 0.493 e. The lowest BCUT2D eigenvalue weighted by atomic mass is 9.50. The Morgan fingerprint density at radius 3 is 2.74 bits per heavy atom. The van der Waals surface area contributed by atoms with Crippen molar-refractivity contribution in [3.05, 3.63) is 35.1 Å². The van der Waals surface area contributed by atoms with Crippen molar-refractivity contribution in [3.8, 4) is 11.5 Å². The van der Waals surface area contributed by atoms with Gasteiger partial charge in [0.1, 0.15) is 17.3 Å². The number of nitrogens with zero attached hydrogens (tertiary/aromatic N) is 3. The van der Waals surface area contributed by atoms with Crippen LogP contribution in [0.2, 0.25) is 0 Å². The van der Waals surface area contributed by atoms with Gasteiger partial charge in [0.05, 0.1) is 24.5 Å². The molecule has 1 fully saturated rings. The Bertz CT molecular complexity index is 1490. The number of aliphatic hydroxyl groups is 1. The van der Waals surface area contributed by atoms with E-state index in [0.717, 1.165) is 17.7 Å². The molecule has 1 saturated heterocycles. The summed E-state index contributed by atoms with van der Waals surface area (Å²) in [5.41, 5.74) is 10.9. The molecule has 0 radical (unpaired) electrons. The van der Waals surface area contributed by atoms with Crippen molar-refractivity contribution in [1.82, 2.24) is 15.1 Å². The minimum Gasteiger partial charge on any atom is -0.493 e. The van der Waals surface area contributed by atoms with E-state index in [9.17, 15) is 24.3 Å². The van der Waals surface area contributed by atoms with E-state index in [1.165, 1.54) is 11.8 Å². The molecule has 1 aromatic carbocycles. The molecular weight excluding hydrogens is 608 g/mol. The van der Waals surface area contributed by atoms with Crippen LogP contribution in [0.25, 0.3) is 0 Å². The number of aliphatic imine (C=N–C) groups is 1. The number of amides is 2. The third-order valence-corrected chi connectivity index (χ3v) is 10.1. The van der Waals surface area contributed by atoms with Crippen LogP contribution in [-0.2, 0) is 31.0 Å². The molecule has 0 aromatic heterocycles. The molecule has 1 aromatic rings. The monoisotopic (exact) mass is 654 g/mol. The molecule has 2 aliphatic carbocycles. The molecule has 14 heteroatoms. The van der Waals surface area contributed by atoms with Crippen molar-refractivity contribution in [2.24, 2.45) is 22.4 Å². The maximum absolute atomic E-state index is 13.3. The second-order valence-corrected chi connectivity index (χ2v) is 13.1. The van der Waals surface area contributed by atoms with Crippen LogP contribution in [0.15, 0.2) is 29.0 Å². The summed E-state index contributed by atoms with van der Waals surface area (Å²) in [6, 6.07) is 3.80. The van der Waals surface area contributed by atoms with Crippen molar-refractivity contribution in [2.75, 3.05) is 47.4 Å². The third-order valence-electron chi connectivity index (χ3n) is 10.1. The molecule has 47 heavy (non-hydrogen) atoms. The first kappa shape index (κ1) is 34.2. The summed E-state index contributed by atoms with van der Waals surface area (Å²) in [7, 11) is 5.17. The Kier molecular flexibility index (Phi) is 9.83. The zero-order valence-electron chi connectivity index (χ0n) is 27.5. The van der Waals surface area contributed by atoms with Gasteiger partial charge in [-0.15, -0.1) is 0 Å². The van der Waals surface area contributed by atoms with Gasteiger partial charge in [0, 0.05) is 57.0 Å². The van der Waals surface area contributed by atoms with Crippen molar-refractivity contribution < 1.29 is 38.5 Å². The first-order chi connectivity index (χ1) is 22.3. The Hall–Kier alpha value is -4.17. The fraction of sp³-hybridized carbons (Fsp3) is 0.606.